The van der Waals surface area contributed by atoms with Crippen molar-refractivity contribution >= 4 is 19.0 Å². The fraction of sp³-hybridized carbons (Fsp3) is 0. The molecule has 4 heteroatoms. The van der Waals surface area contributed by atoms with Crippen molar-refractivity contribution in [3.05, 3.63) is 16.8 Å². The van der Waals surface area contributed by atoms with Crippen LogP contribution in [-0.2, 0) is 0 Å². The minimum atomic E-state index is 0.669. The molecule has 0 saturated heterocycles. The molecule has 1 rings (SSSR count). The van der Waals surface area contributed by atoms with Gasteiger partial charge in [-0.1, -0.05) is 0 Å². The van der Waals surface area contributed by atoms with Crippen molar-refractivity contribution in [1.82, 2.24) is 0 Å². The first-order valence-corrected chi connectivity index (χ1v) is 3.02. The molecule has 1 N–H and O–H groups in total. The lowest BCUT2D eigenvalue weighted by Crippen LogP contribution is -1.97. The van der Waals surface area contributed by atoms with Gasteiger partial charge in [-0.25, -0.2) is 0 Å². The molecule has 0 atom stereocenters. The molecule has 0 saturated carbocycles. The topological polar surface area (TPSA) is 29.5 Å². The average molecular weight is 127 g/mol. The molecular weight excluding hydrogens is 123 g/mol. The molecule has 0 aliphatic carbocycles. The Morgan fingerprint density at radius 1 is 1.75 bits per heavy atom. The zero-order chi connectivity index (χ0) is 5.82. The number of rotatable bonds is 2. The van der Waals surface area contributed by atoms with E-state index < -0.39 is 0 Å². The lowest BCUT2D eigenvalue weighted by atomic mass is 10.4. The van der Waals surface area contributed by atoms with Gasteiger partial charge in [0.25, 0.3) is 0 Å². The first-order valence-electron chi connectivity index (χ1n) is 2.08. The molecule has 0 aliphatic rings. The zero-order valence-electron chi connectivity index (χ0n) is 4.07. The van der Waals surface area contributed by atoms with Gasteiger partial charge in [0.1, 0.15) is 5.75 Å². The molecule has 1 aromatic heterocycles. The molecule has 0 spiro atoms. The minimum absolute atomic E-state index is 0.669. The van der Waals surface area contributed by atoms with Gasteiger partial charge in [0.15, 0.2) is 0 Å². The summed E-state index contributed by atoms with van der Waals surface area (Å²) in [6.45, 7) is 0. The van der Waals surface area contributed by atoms with Gasteiger partial charge >= 0.3 is 7.69 Å². The Morgan fingerprint density at radius 3 is 3.12 bits per heavy atom. The lowest BCUT2D eigenvalue weighted by molar-refractivity contribution is 0.455. The Bertz CT molecular complexity index is 140. The Labute approximate surface area is 52.0 Å². The molecule has 0 aliphatic heterocycles. The van der Waals surface area contributed by atoms with E-state index in [2.05, 4.69) is 4.65 Å². The van der Waals surface area contributed by atoms with Gasteiger partial charge < -0.3 is 9.68 Å². The fourth-order valence-electron chi connectivity index (χ4n) is 0.380. The first kappa shape index (κ1) is 5.66. The van der Waals surface area contributed by atoms with Crippen molar-refractivity contribution in [2.24, 2.45) is 0 Å². The summed E-state index contributed by atoms with van der Waals surface area (Å²) in [5, 5.41) is 11.8. The molecule has 1 heterocycles. The summed E-state index contributed by atoms with van der Waals surface area (Å²) < 4.78 is 4.59. The highest BCUT2D eigenvalue weighted by atomic mass is 32.1. The van der Waals surface area contributed by atoms with E-state index in [0.717, 1.165) is 0 Å². The van der Waals surface area contributed by atoms with E-state index in [0.29, 0.717) is 13.4 Å². The Morgan fingerprint density at radius 2 is 2.62 bits per heavy atom. The van der Waals surface area contributed by atoms with Gasteiger partial charge in [-0.05, 0) is 11.4 Å². The first-order chi connectivity index (χ1) is 3.93. The van der Waals surface area contributed by atoms with Gasteiger partial charge in [0.2, 0.25) is 0 Å². The molecule has 1 radical (unpaired) electrons. The highest BCUT2D eigenvalue weighted by molar-refractivity contribution is 7.08. The van der Waals surface area contributed by atoms with E-state index in [1.807, 2.05) is 5.38 Å². The maximum absolute atomic E-state index is 8.10. The summed E-state index contributed by atoms with van der Waals surface area (Å²) in [5.41, 5.74) is 0. The minimum Gasteiger partial charge on any atom is -0.537 e. The van der Waals surface area contributed by atoms with Crippen LogP contribution in [0.15, 0.2) is 16.8 Å². The van der Waals surface area contributed by atoms with E-state index in [-0.39, 0.29) is 0 Å². The van der Waals surface area contributed by atoms with E-state index >= 15 is 0 Å². The molecule has 0 amide bonds. The van der Waals surface area contributed by atoms with E-state index in [1.54, 1.807) is 11.4 Å². The lowest BCUT2D eigenvalue weighted by Gasteiger charge is -1.91. The second-order valence-corrected chi connectivity index (χ2v) is 1.96. The van der Waals surface area contributed by atoms with Crippen LogP contribution in [0.25, 0.3) is 0 Å². The molecule has 8 heavy (non-hydrogen) atoms. The van der Waals surface area contributed by atoms with Gasteiger partial charge in [-0.15, -0.1) is 11.3 Å². The predicted octanol–water partition coefficient (Wildman–Crippen LogP) is 0.653. The summed E-state index contributed by atoms with van der Waals surface area (Å²) >= 11 is 1.52. The van der Waals surface area contributed by atoms with Crippen molar-refractivity contribution in [2.75, 3.05) is 0 Å². The summed E-state index contributed by atoms with van der Waals surface area (Å²) in [6.07, 6.45) is 0. The normalized spacial score (nSPS) is 8.62. The van der Waals surface area contributed by atoms with Gasteiger partial charge in [-0.2, -0.15) is 0 Å². The van der Waals surface area contributed by atoms with Crippen molar-refractivity contribution in [1.29, 1.82) is 0 Å². The summed E-state index contributed by atoms with van der Waals surface area (Å²) in [6, 6.07) is 1.78. The highest BCUT2D eigenvalue weighted by Crippen LogP contribution is 2.13. The monoisotopic (exact) mass is 127 g/mol. The third kappa shape index (κ3) is 1.25. The quantitative estimate of drug-likeness (QED) is 0.591. The Balaban J connectivity index is 2.50. The molecule has 2 nitrogen and oxygen atoms in total. The van der Waals surface area contributed by atoms with Crippen molar-refractivity contribution < 1.29 is 9.68 Å². The molecule has 0 unspecified atom stereocenters. The van der Waals surface area contributed by atoms with Crippen LogP contribution in [0.1, 0.15) is 0 Å². The second-order valence-electron chi connectivity index (χ2n) is 1.18. The van der Waals surface area contributed by atoms with Crippen LogP contribution in [0.5, 0.6) is 5.75 Å². The summed E-state index contributed by atoms with van der Waals surface area (Å²) in [4.78, 5) is 0. The number of thiophene rings is 1. The Hall–Kier alpha value is -0.475. The molecule has 1 aromatic rings. The van der Waals surface area contributed by atoms with Gasteiger partial charge in [0, 0.05) is 5.38 Å². The summed E-state index contributed by atoms with van der Waals surface area (Å²) in [5.74, 6) is 0.678. The SMILES string of the molecule is O[B]Oc1ccsc1. The third-order valence-electron chi connectivity index (χ3n) is 0.684. The van der Waals surface area contributed by atoms with Gasteiger partial charge in [0.05, 0.1) is 0 Å². The molecule has 0 bridgehead atoms. The van der Waals surface area contributed by atoms with Crippen LogP contribution >= 0.6 is 11.3 Å². The number of hydrogen-bond acceptors (Lipinski definition) is 3. The molecule has 0 fully saturated rings. The Kier molecular flexibility index (Phi) is 1.94. The maximum atomic E-state index is 8.10. The molecule has 41 valence electrons. The molecule has 0 aromatic carbocycles. The molecular formula is C4H4BO2S. The van der Waals surface area contributed by atoms with Crippen molar-refractivity contribution in [3.8, 4) is 5.75 Å². The predicted molar refractivity (Wildman–Crippen MR) is 32.9 cm³/mol. The van der Waals surface area contributed by atoms with Crippen LogP contribution in [0, 0.1) is 0 Å². The van der Waals surface area contributed by atoms with Crippen LogP contribution < -0.4 is 4.65 Å². The van der Waals surface area contributed by atoms with E-state index in [9.17, 15) is 0 Å². The average Bonchev–Trinajstić information content (AvgIpc) is 2.19. The third-order valence-corrected chi connectivity index (χ3v) is 1.35. The van der Waals surface area contributed by atoms with E-state index in [4.69, 9.17) is 5.02 Å². The standard InChI is InChI=1S/C4H4BO2S/c6-5-7-4-1-2-8-3-4/h1-3,6H. The van der Waals surface area contributed by atoms with Gasteiger partial charge in [-0.3, -0.25) is 0 Å². The smallest absolute Gasteiger partial charge is 0.537 e. The van der Waals surface area contributed by atoms with Crippen LogP contribution in [0.3, 0.4) is 0 Å². The highest BCUT2D eigenvalue weighted by Gasteiger charge is 1.90. The van der Waals surface area contributed by atoms with Crippen LogP contribution in [-0.4, -0.2) is 12.7 Å². The van der Waals surface area contributed by atoms with E-state index in [1.165, 1.54) is 11.3 Å². The fourth-order valence-corrected chi connectivity index (χ4v) is 0.939. The summed E-state index contributed by atoms with van der Waals surface area (Å²) in [7, 11) is 0.669. The van der Waals surface area contributed by atoms with Crippen molar-refractivity contribution in [3.63, 3.8) is 0 Å². The second kappa shape index (κ2) is 2.74. The largest absolute Gasteiger partial charge is 0.569 e. The van der Waals surface area contributed by atoms with Crippen molar-refractivity contribution in [2.45, 2.75) is 0 Å². The zero-order valence-corrected chi connectivity index (χ0v) is 4.89. The maximum Gasteiger partial charge on any atom is 0.569 e. The van der Waals surface area contributed by atoms with Crippen LogP contribution in [0.2, 0.25) is 0 Å². The van der Waals surface area contributed by atoms with Crippen LogP contribution in [0.4, 0.5) is 0 Å². The number of hydrogen-bond donors (Lipinski definition) is 1.